The second kappa shape index (κ2) is 15.4. The van der Waals surface area contributed by atoms with Crippen LogP contribution in [0.1, 0.15) is 24.0 Å². The first-order valence-electron chi connectivity index (χ1n) is 12.0. The number of carboxylic acids is 1. The number of carbonyl (C=O) groups excluding carboxylic acids is 4. The Hall–Kier alpha value is -3.90. The van der Waals surface area contributed by atoms with Gasteiger partial charge in [0.05, 0.1) is 6.04 Å². The molecule has 8 N–H and O–H groups in total. The summed E-state index contributed by atoms with van der Waals surface area (Å²) < 4.78 is 0. The van der Waals surface area contributed by atoms with Crippen molar-refractivity contribution < 1.29 is 29.1 Å². The number of benzene rings is 2. The summed E-state index contributed by atoms with van der Waals surface area (Å²) in [6.07, 6.45) is -0.164. The zero-order valence-electron chi connectivity index (χ0n) is 20.7. The van der Waals surface area contributed by atoms with Crippen molar-refractivity contribution >= 4 is 42.2 Å². The molecule has 0 radical (unpaired) electrons. The predicted octanol–water partition coefficient (Wildman–Crippen LogP) is -0.467. The lowest BCUT2D eigenvalue weighted by atomic mass is 10.0. The third-order valence-electron chi connectivity index (χ3n) is 5.66. The van der Waals surface area contributed by atoms with Crippen LogP contribution >= 0.6 is 12.6 Å². The van der Waals surface area contributed by atoms with Gasteiger partial charge in [-0.15, -0.1) is 0 Å². The van der Waals surface area contributed by atoms with Gasteiger partial charge < -0.3 is 32.5 Å². The Kier molecular flexibility index (Phi) is 12.3. The number of amides is 4. The highest BCUT2D eigenvalue weighted by Crippen LogP contribution is 2.07. The van der Waals surface area contributed by atoms with E-state index in [1.807, 2.05) is 30.3 Å². The lowest BCUT2D eigenvalue weighted by molar-refractivity contribution is -0.142. The SMILES string of the molecule is NC(=O)CCC(NC(=O)C(CS)NC(=O)C(N)Cc1ccccc1)C(=O)NC(Cc1ccccc1)C(=O)O. The molecule has 0 saturated heterocycles. The lowest BCUT2D eigenvalue weighted by Gasteiger charge is -2.24. The van der Waals surface area contributed by atoms with Crippen LogP contribution in [-0.4, -0.2) is 64.6 Å². The summed E-state index contributed by atoms with van der Waals surface area (Å²) in [5, 5.41) is 17.0. The molecule has 0 aromatic heterocycles. The summed E-state index contributed by atoms with van der Waals surface area (Å²) in [5.41, 5.74) is 12.7. The average molecular weight is 544 g/mol. The molecule has 4 amide bonds. The van der Waals surface area contributed by atoms with Crippen LogP contribution in [0.5, 0.6) is 0 Å². The third kappa shape index (κ3) is 10.2. The maximum atomic E-state index is 13.0. The Balaban J connectivity index is 2.06. The van der Waals surface area contributed by atoms with Crippen LogP contribution in [0.15, 0.2) is 60.7 Å². The van der Waals surface area contributed by atoms with Gasteiger partial charge in [0.25, 0.3) is 0 Å². The standard InChI is InChI=1S/C26H33N5O6S/c27-18(13-16-7-3-1-4-8-16)23(33)31-21(15-38)25(35)29-19(11-12-22(28)32)24(34)30-20(26(36)37)14-17-9-5-2-6-10-17/h1-10,18-21,38H,11-15,27H2,(H2,28,32)(H,29,35)(H,30,34)(H,31,33)(H,36,37). The molecule has 0 aliphatic carbocycles. The summed E-state index contributed by atoms with van der Waals surface area (Å²) in [7, 11) is 0. The van der Waals surface area contributed by atoms with Gasteiger partial charge in [0.1, 0.15) is 18.1 Å². The Morgan fingerprint density at radius 2 is 1.21 bits per heavy atom. The first-order valence-corrected chi connectivity index (χ1v) is 12.6. The molecular weight excluding hydrogens is 510 g/mol. The van der Waals surface area contributed by atoms with Crippen LogP contribution in [-0.2, 0) is 36.8 Å². The van der Waals surface area contributed by atoms with Crippen molar-refractivity contribution in [1.29, 1.82) is 0 Å². The van der Waals surface area contributed by atoms with Crippen LogP contribution in [0, 0.1) is 0 Å². The molecule has 2 rings (SSSR count). The van der Waals surface area contributed by atoms with Crippen molar-refractivity contribution in [2.24, 2.45) is 11.5 Å². The zero-order valence-corrected chi connectivity index (χ0v) is 21.6. The molecule has 4 atom stereocenters. The molecule has 11 nitrogen and oxygen atoms in total. The number of nitrogens with two attached hydrogens (primary N) is 2. The maximum absolute atomic E-state index is 13.0. The van der Waals surface area contributed by atoms with E-state index in [2.05, 4.69) is 28.6 Å². The van der Waals surface area contributed by atoms with E-state index in [9.17, 15) is 29.1 Å². The number of primary amides is 1. The highest BCUT2D eigenvalue weighted by Gasteiger charge is 2.30. The molecule has 0 heterocycles. The van der Waals surface area contributed by atoms with Gasteiger partial charge in [0.2, 0.25) is 23.6 Å². The number of nitrogens with one attached hydrogen (secondary N) is 3. The number of carbonyl (C=O) groups is 5. The summed E-state index contributed by atoms with van der Waals surface area (Å²) in [6, 6.07) is 13.2. The van der Waals surface area contributed by atoms with E-state index in [0.717, 1.165) is 5.56 Å². The highest BCUT2D eigenvalue weighted by atomic mass is 32.1. The van der Waals surface area contributed by atoms with E-state index in [1.54, 1.807) is 30.3 Å². The van der Waals surface area contributed by atoms with Gasteiger partial charge >= 0.3 is 5.97 Å². The lowest BCUT2D eigenvalue weighted by Crippen LogP contribution is -2.58. The fourth-order valence-electron chi connectivity index (χ4n) is 3.58. The van der Waals surface area contributed by atoms with Gasteiger partial charge in [-0.1, -0.05) is 60.7 Å². The molecular formula is C26H33N5O6S. The highest BCUT2D eigenvalue weighted by molar-refractivity contribution is 7.80. The molecule has 0 spiro atoms. The van der Waals surface area contributed by atoms with E-state index >= 15 is 0 Å². The van der Waals surface area contributed by atoms with Crippen molar-refractivity contribution in [2.75, 3.05) is 5.75 Å². The number of carboxylic acid groups (broad SMARTS) is 1. The fourth-order valence-corrected chi connectivity index (χ4v) is 3.84. The molecule has 0 aliphatic rings. The number of rotatable bonds is 15. The van der Waals surface area contributed by atoms with Gasteiger partial charge in [0.15, 0.2) is 0 Å². The molecule has 38 heavy (non-hydrogen) atoms. The fraction of sp³-hybridized carbons (Fsp3) is 0.346. The predicted molar refractivity (Wildman–Crippen MR) is 144 cm³/mol. The number of thiol groups is 1. The monoisotopic (exact) mass is 543 g/mol. The Bertz CT molecular complexity index is 1100. The quantitative estimate of drug-likeness (QED) is 0.148. The molecule has 0 aliphatic heterocycles. The Labute approximate surface area is 226 Å². The van der Waals surface area contributed by atoms with Crippen LogP contribution in [0.2, 0.25) is 0 Å². The molecule has 204 valence electrons. The largest absolute Gasteiger partial charge is 0.480 e. The number of hydrogen-bond acceptors (Lipinski definition) is 7. The molecule has 4 unspecified atom stereocenters. The Morgan fingerprint density at radius 1 is 0.737 bits per heavy atom. The van der Waals surface area contributed by atoms with Crippen LogP contribution < -0.4 is 27.4 Å². The Morgan fingerprint density at radius 3 is 1.71 bits per heavy atom. The summed E-state index contributed by atoms with van der Waals surface area (Å²) in [6.45, 7) is 0. The summed E-state index contributed by atoms with van der Waals surface area (Å²) in [4.78, 5) is 61.6. The summed E-state index contributed by atoms with van der Waals surface area (Å²) >= 11 is 4.13. The number of hydrogen-bond donors (Lipinski definition) is 7. The minimum Gasteiger partial charge on any atom is -0.480 e. The van der Waals surface area contributed by atoms with Crippen molar-refractivity contribution in [3.8, 4) is 0 Å². The van der Waals surface area contributed by atoms with Gasteiger partial charge in [-0.05, 0) is 24.0 Å². The van der Waals surface area contributed by atoms with Crippen molar-refractivity contribution in [3.05, 3.63) is 71.8 Å². The van der Waals surface area contributed by atoms with Crippen molar-refractivity contribution in [2.45, 2.75) is 49.9 Å². The smallest absolute Gasteiger partial charge is 0.326 e. The zero-order chi connectivity index (χ0) is 28.1. The van der Waals surface area contributed by atoms with Crippen molar-refractivity contribution in [1.82, 2.24) is 16.0 Å². The molecule has 12 heteroatoms. The molecule has 2 aromatic rings. The second-order valence-electron chi connectivity index (χ2n) is 8.70. The summed E-state index contributed by atoms with van der Waals surface area (Å²) in [5.74, 6) is -4.23. The first-order chi connectivity index (χ1) is 18.1. The van der Waals surface area contributed by atoms with Crippen LogP contribution in [0.4, 0.5) is 0 Å². The third-order valence-corrected chi connectivity index (χ3v) is 6.03. The van der Waals surface area contributed by atoms with Crippen LogP contribution in [0.3, 0.4) is 0 Å². The van der Waals surface area contributed by atoms with Gasteiger partial charge in [-0.2, -0.15) is 12.6 Å². The molecule has 2 aromatic carbocycles. The normalized spacial score (nSPS) is 13.8. The molecule has 0 bridgehead atoms. The van der Waals surface area contributed by atoms with E-state index in [-0.39, 0.29) is 31.4 Å². The van der Waals surface area contributed by atoms with Crippen molar-refractivity contribution in [3.63, 3.8) is 0 Å². The van der Waals surface area contributed by atoms with Crippen LogP contribution in [0.25, 0.3) is 0 Å². The van der Waals surface area contributed by atoms with Gasteiger partial charge in [-0.3, -0.25) is 19.2 Å². The maximum Gasteiger partial charge on any atom is 0.326 e. The minimum atomic E-state index is -1.29. The molecule has 0 saturated carbocycles. The minimum absolute atomic E-state index is 0.00697. The van der Waals surface area contributed by atoms with E-state index < -0.39 is 53.8 Å². The second-order valence-corrected chi connectivity index (χ2v) is 9.06. The first kappa shape index (κ1) is 30.3. The van der Waals surface area contributed by atoms with E-state index in [0.29, 0.717) is 5.56 Å². The van der Waals surface area contributed by atoms with Gasteiger partial charge in [-0.25, -0.2) is 4.79 Å². The average Bonchev–Trinajstić information content (AvgIpc) is 2.89. The topological polar surface area (TPSA) is 194 Å². The van der Waals surface area contributed by atoms with E-state index in [4.69, 9.17) is 11.5 Å². The van der Waals surface area contributed by atoms with Gasteiger partial charge in [0, 0.05) is 18.6 Å². The number of aliphatic carboxylic acids is 1. The van der Waals surface area contributed by atoms with E-state index in [1.165, 1.54) is 0 Å². The molecule has 0 fully saturated rings.